The second-order valence-electron chi connectivity index (χ2n) is 6.87. The Morgan fingerprint density at radius 2 is 1.79 bits per heavy atom. The number of aromatic nitrogens is 5. The fourth-order valence-corrected chi connectivity index (χ4v) is 3.82. The molecule has 3 heterocycles. The van der Waals surface area contributed by atoms with Crippen LogP contribution in [0.3, 0.4) is 0 Å². The Balaban J connectivity index is 2.00. The molecule has 1 N–H and O–H groups in total. The Morgan fingerprint density at radius 3 is 2.55 bits per heavy atom. The number of hydrogen-bond acceptors (Lipinski definition) is 3. The molecule has 8 heteroatoms. The van der Waals surface area contributed by atoms with Crippen LogP contribution in [0.5, 0.6) is 0 Å². The van der Waals surface area contributed by atoms with Crippen molar-refractivity contribution in [3.63, 3.8) is 0 Å². The zero-order chi connectivity index (χ0) is 20.3. The first-order valence-corrected chi connectivity index (χ1v) is 9.39. The van der Waals surface area contributed by atoms with Crippen LogP contribution < -0.4 is 11.2 Å². The summed E-state index contributed by atoms with van der Waals surface area (Å²) >= 11 is 6.39. The van der Waals surface area contributed by atoms with E-state index in [0.29, 0.717) is 22.0 Å². The maximum Gasteiger partial charge on any atom is 0.329 e. The van der Waals surface area contributed by atoms with Crippen LogP contribution in [0.25, 0.3) is 33.9 Å². The fourth-order valence-electron chi connectivity index (χ4n) is 3.65. The van der Waals surface area contributed by atoms with Gasteiger partial charge in [0.05, 0.1) is 11.4 Å². The largest absolute Gasteiger partial charge is 0.329 e. The van der Waals surface area contributed by atoms with Gasteiger partial charge in [0, 0.05) is 23.8 Å². The summed E-state index contributed by atoms with van der Waals surface area (Å²) < 4.78 is 5.01. The number of aryl methyl sites for hydroxylation is 1. The molecule has 3 aromatic heterocycles. The molecule has 29 heavy (non-hydrogen) atoms. The second kappa shape index (κ2) is 6.22. The van der Waals surface area contributed by atoms with E-state index in [0.717, 1.165) is 22.5 Å². The lowest BCUT2D eigenvalue weighted by atomic mass is 10.1. The van der Waals surface area contributed by atoms with Crippen molar-refractivity contribution in [2.75, 3.05) is 0 Å². The van der Waals surface area contributed by atoms with Crippen LogP contribution in [0.1, 0.15) is 5.56 Å². The van der Waals surface area contributed by atoms with Gasteiger partial charge in [0.15, 0.2) is 11.2 Å². The fraction of sp³-hybridized carbons (Fsp3) is 0.0952. The Labute approximate surface area is 169 Å². The van der Waals surface area contributed by atoms with Gasteiger partial charge in [-0.05, 0) is 24.6 Å². The number of H-pyrrole nitrogens is 1. The number of fused-ring (bicyclic) bond motifs is 3. The second-order valence-corrected chi connectivity index (χ2v) is 7.28. The van der Waals surface area contributed by atoms with Crippen LogP contribution in [0.4, 0.5) is 0 Å². The predicted octanol–water partition coefficient (Wildman–Crippen LogP) is 3.29. The number of nitrogens with zero attached hydrogens (tertiary/aromatic N) is 4. The molecule has 0 fully saturated rings. The molecule has 0 aliphatic heterocycles. The van der Waals surface area contributed by atoms with Gasteiger partial charge >= 0.3 is 5.69 Å². The third kappa shape index (κ3) is 2.48. The number of rotatable bonds is 2. The average molecular weight is 406 g/mol. The van der Waals surface area contributed by atoms with E-state index < -0.39 is 11.2 Å². The van der Waals surface area contributed by atoms with Crippen molar-refractivity contribution in [1.82, 2.24) is 23.5 Å². The van der Waals surface area contributed by atoms with Gasteiger partial charge in [-0.25, -0.2) is 4.79 Å². The van der Waals surface area contributed by atoms with Crippen molar-refractivity contribution in [3.8, 4) is 16.9 Å². The van der Waals surface area contributed by atoms with E-state index in [-0.39, 0.29) is 0 Å². The first kappa shape index (κ1) is 17.5. The molecule has 0 amide bonds. The molecule has 0 aliphatic rings. The molecule has 0 saturated heterocycles. The molecule has 0 atom stereocenters. The van der Waals surface area contributed by atoms with Gasteiger partial charge in [-0.1, -0.05) is 48.0 Å². The van der Waals surface area contributed by atoms with Gasteiger partial charge in [-0.15, -0.1) is 0 Å². The lowest BCUT2D eigenvalue weighted by molar-refractivity contribution is 0.831. The molecule has 2 aromatic carbocycles. The third-order valence-corrected chi connectivity index (χ3v) is 5.58. The van der Waals surface area contributed by atoms with Crippen molar-refractivity contribution >= 4 is 28.5 Å². The van der Waals surface area contributed by atoms with Crippen LogP contribution in [0.2, 0.25) is 5.02 Å². The highest BCUT2D eigenvalue weighted by Gasteiger charge is 2.21. The minimum atomic E-state index is -0.503. The lowest BCUT2D eigenvalue weighted by Crippen LogP contribution is -2.28. The van der Waals surface area contributed by atoms with E-state index in [4.69, 9.17) is 11.6 Å². The summed E-state index contributed by atoms with van der Waals surface area (Å²) in [4.78, 5) is 31.6. The molecule has 0 bridgehead atoms. The molecular weight excluding hydrogens is 390 g/mol. The van der Waals surface area contributed by atoms with E-state index in [2.05, 4.69) is 9.97 Å². The Kier molecular flexibility index (Phi) is 3.75. The number of nitrogens with one attached hydrogen (secondary N) is 1. The maximum atomic E-state index is 12.6. The molecule has 144 valence electrons. The first-order chi connectivity index (χ1) is 14.0. The molecule has 5 aromatic rings. The monoisotopic (exact) mass is 405 g/mol. The van der Waals surface area contributed by atoms with Gasteiger partial charge in [-0.2, -0.15) is 4.98 Å². The Bertz CT molecular complexity index is 1520. The molecule has 5 rings (SSSR count). The molecule has 0 spiro atoms. The van der Waals surface area contributed by atoms with Crippen molar-refractivity contribution in [3.05, 3.63) is 86.2 Å². The smallest absolute Gasteiger partial charge is 0.279 e. The van der Waals surface area contributed by atoms with Crippen LogP contribution in [-0.4, -0.2) is 23.5 Å². The van der Waals surface area contributed by atoms with Gasteiger partial charge in [0.2, 0.25) is 5.78 Å². The molecule has 0 saturated carbocycles. The highest BCUT2D eigenvalue weighted by atomic mass is 35.5. The van der Waals surface area contributed by atoms with Crippen molar-refractivity contribution in [1.29, 1.82) is 0 Å². The standard InChI is InChI=1S/C21H16ClN5O2/c1-12-14(22)9-6-10-15(12)27-16(13-7-4-3-5-8-13)11-26-17-18(23-20(26)27)25(2)21(29)24-19(17)28/h3-11H,1-2H3,(H,24,28,29). The zero-order valence-electron chi connectivity index (χ0n) is 15.7. The van der Waals surface area contributed by atoms with Crippen LogP contribution in [-0.2, 0) is 7.05 Å². The topological polar surface area (TPSA) is 77.1 Å². The van der Waals surface area contributed by atoms with Crippen molar-refractivity contribution in [2.45, 2.75) is 6.92 Å². The average Bonchev–Trinajstić information content (AvgIpc) is 3.26. The van der Waals surface area contributed by atoms with Crippen LogP contribution >= 0.6 is 11.6 Å². The Hall–Kier alpha value is -3.58. The first-order valence-electron chi connectivity index (χ1n) is 9.01. The molecule has 0 aliphatic carbocycles. The van der Waals surface area contributed by atoms with E-state index in [1.807, 2.05) is 66.2 Å². The van der Waals surface area contributed by atoms with Gasteiger partial charge < -0.3 is 0 Å². The molecule has 0 radical (unpaired) electrons. The highest BCUT2D eigenvalue weighted by Crippen LogP contribution is 2.31. The zero-order valence-corrected chi connectivity index (χ0v) is 16.4. The van der Waals surface area contributed by atoms with Crippen LogP contribution in [0.15, 0.2) is 64.3 Å². The van der Waals surface area contributed by atoms with Gasteiger partial charge in [0.1, 0.15) is 0 Å². The number of halogens is 1. The van der Waals surface area contributed by atoms with E-state index in [1.165, 1.54) is 4.57 Å². The lowest BCUT2D eigenvalue weighted by Gasteiger charge is -2.12. The summed E-state index contributed by atoms with van der Waals surface area (Å²) in [6, 6.07) is 15.5. The minimum Gasteiger partial charge on any atom is -0.279 e. The normalized spacial score (nSPS) is 11.6. The summed E-state index contributed by atoms with van der Waals surface area (Å²) in [5, 5.41) is 0.634. The SMILES string of the molecule is Cc1c(Cl)cccc1-n1c(-c2ccccc2)cn2c3c(=O)[nH]c(=O)n(C)c3nc12. The van der Waals surface area contributed by atoms with E-state index in [9.17, 15) is 9.59 Å². The van der Waals surface area contributed by atoms with Gasteiger partial charge in [0.25, 0.3) is 5.56 Å². The number of hydrogen-bond donors (Lipinski definition) is 1. The van der Waals surface area contributed by atoms with E-state index >= 15 is 0 Å². The molecule has 0 unspecified atom stereocenters. The van der Waals surface area contributed by atoms with Crippen LogP contribution in [0, 0.1) is 6.92 Å². The number of aromatic amines is 1. The van der Waals surface area contributed by atoms with E-state index in [1.54, 1.807) is 11.4 Å². The summed E-state index contributed by atoms with van der Waals surface area (Å²) in [5.74, 6) is 0.524. The Morgan fingerprint density at radius 1 is 1.03 bits per heavy atom. The molecule has 7 nitrogen and oxygen atoms in total. The molecular formula is C21H16ClN5O2. The predicted molar refractivity (Wildman–Crippen MR) is 113 cm³/mol. The minimum absolute atomic E-state index is 0.317. The maximum absolute atomic E-state index is 12.6. The summed E-state index contributed by atoms with van der Waals surface area (Å²) in [7, 11) is 1.58. The number of imidazole rings is 2. The quantitative estimate of drug-likeness (QED) is 0.489. The third-order valence-electron chi connectivity index (χ3n) is 5.17. The van der Waals surface area contributed by atoms with Crippen molar-refractivity contribution in [2.24, 2.45) is 7.05 Å². The summed E-state index contributed by atoms with van der Waals surface area (Å²) in [6.07, 6.45) is 1.86. The number of benzene rings is 2. The highest BCUT2D eigenvalue weighted by molar-refractivity contribution is 6.31. The van der Waals surface area contributed by atoms with Gasteiger partial charge in [-0.3, -0.25) is 23.3 Å². The summed E-state index contributed by atoms with van der Waals surface area (Å²) in [6.45, 7) is 1.94. The summed E-state index contributed by atoms with van der Waals surface area (Å²) in [5.41, 5.74) is 3.22. The van der Waals surface area contributed by atoms with Crippen molar-refractivity contribution < 1.29 is 0 Å².